The number of rotatable bonds is 5. The number of aliphatic hydroxyl groups excluding tert-OH is 1. The summed E-state index contributed by atoms with van der Waals surface area (Å²) < 4.78 is 0. The third kappa shape index (κ3) is 2.42. The van der Waals surface area contributed by atoms with Gasteiger partial charge in [-0.05, 0) is 24.5 Å². The summed E-state index contributed by atoms with van der Waals surface area (Å²) in [5.74, 6) is 0.297. The van der Waals surface area contributed by atoms with Crippen LogP contribution in [0.5, 0.6) is 0 Å². The Kier molecular flexibility index (Phi) is 3.37. The summed E-state index contributed by atoms with van der Waals surface area (Å²) in [5.41, 5.74) is 2.63. The van der Waals surface area contributed by atoms with Gasteiger partial charge in [0, 0.05) is 24.8 Å². The molecule has 1 saturated carbocycles. The van der Waals surface area contributed by atoms with E-state index in [4.69, 9.17) is 11.6 Å². The third-order valence-corrected chi connectivity index (χ3v) is 4.02. The summed E-state index contributed by atoms with van der Waals surface area (Å²) in [6, 6.07) is 6.26. The number of alkyl halides is 1. The summed E-state index contributed by atoms with van der Waals surface area (Å²) in [6.07, 6.45) is 1.63. The van der Waals surface area contributed by atoms with E-state index in [1.54, 1.807) is 0 Å². The van der Waals surface area contributed by atoms with Crippen LogP contribution in [0.2, 0.25) is 0 Å². The molecule has 19 heavy (non-hydrogen) atoms. The molecule has 4 nitrogen and oxygen atoms in total. The van der Waals surface area contributed by atoms with Gasteiger partial charge in [-0.2, -0.15) is 0 Å². The number of halogens is 1. The van der Waals surface area contributed by atoms with Crippen LogP contribution in [0.3, 0.4) is 0 Å². The summed E-state index contributed by atoms with van der Waals surface area (Å²) in [5, 5.41) is 12.6. The van der Waals surface area contributed by atoms with Crippen LogP contribution in [0.1, 0.15) is 28.8 Å². The smallest absolute Gasteiger partial charge is 0.256 e. The number of amides is 1. The summed E-state index contributed by atoms with van der Waals surface area (Å²) >= 11 is 5.57. The Morgan fingerprint density at radius 3 is 2.95 bits per heavy atom. The molecule has 0 radical (unpaired) electrons. The molecule has 0 saturated heterocycles. The highest BCUT2D eigenvalue weighted by Gasteiger charge is 2.39. The van der Waals surface area contributed by atoms with Crippen LogP contribution >= 0.6 is 11.6 Å². The maximum absolute atomic E-state index is 12.4. The zero-order valence-corrected chi connectivity index (χ0v) is 11.4. The van der Waals surface area contributed by atoms with E-state index in [9.17, 15) is 9.90 Å². The van der Waals surface area contributed by atoms with Crippen molar-refractivity contribution in [1.29, 1.82) is 0 Å². The van der Waals surface area contributed by atoms with Gasteiger partial charge in [0.05, 0.1) is 17.5 Å². The molecule has 1 amide bonds. The number of carbonyl (C=O) groups is 1. The third-order valence-electron chi connectivity index (χ3n) is 3.66. The highest BCUT2D eigenvalue weighted by Crippen LogP contribution is 2.37. The molecular weight excluding hydrogens is 264 g/mol. The quantitative estimate of drug-likeness (QED) is 0.809. The fraction of sp³-hybridized carbons (Fsp3) is 0.500. The molecule has 0 bridgehead atoms. The van der Waals surface area contributed by atoms with E-state index in [1.807, 2.05) is 23.1 Å². The molecule has 1 aliphatic carbocycles. The van der Waals surface area contributed by atoms with E-state index < -0.39 is 6.10 Å². The van der Waals surface area contributed by atoms with Crippen LogP contribution in [0.15, 0.2) is 18.2 Å². The highest BCUT2D eigenvalue weighted by molar-refractivity contribution is 6.18. The SMILES string of the molecule is O=C1c2c(cccc2NCC(O)CCl)CN1C1CC1. The van der Waals surface area contributed by atoms with Crippen molar-refractivity contribution in [3.05, 3.63) is 29.3 Å². The van der Waals surface area contributed by atoms with Crippen LogP contribution in [0.4, 0.5) is 5.69 Å². The van der Waals surface area contributed by atoms with Gasteiger partial charge in [-0.15, -0.1) is 11.6 Å². The average molecular weight is 281 g/mol. The van der Waals surface area contributed by atoms with Crippen LogP contribution in [0.25, 0.3) is 0 Å². The molecule has 1 heterocycles. The number of carbonyl (C=O) groups excluding carboxylic acids is 1. The molecule has 1 aromatic carbocycles. The predicted molar refractivity (Wildman–Crippen MR) is 74.6 cm³/mol. The topological polar surface area (TPSA) is 52.6 Å². The molecule has 1 fully saturated rings. The Morgan fingerprint density at radius 1 is 1.47 bits per heavy atom. The number of nitrogens with zero attached hydrogens (tertiary/aromatic N) is 1. The predicted octanol–water partition coefficient (Wildman–Crippen LogP) is 1.82. The molecular formula is C14H17ClN2O2. The molecule has 1 atom stereocenters. The maximum Gasteiger partial charge on any atom is 0.256 e. The molecule has 1 unspecified atom stereocenters. The van der Waals surface area contributed by atoms with Crippen LogP contribution in [-0.2, 0) is 6.54 Å². The van der Waals surface area contributed by atoms with E-state index in [-0.39, 0.29) is 11.8 Å². The molecule has 1 aliphatic heterocycles. The second-order valence-electron chi connectivity index (χ2n) is 5.19. The van der Waals surface area contributed by atoms with Crippen molar-refractivity contribution in [2.24, 2.45) is 0 Å². The Bertz CT molecular complexity index is 502. The van der Waals surface area contributed by atoms with Crippen molar-refractivity contribution in [2.75, 3.05) is 17.7 Å². The lowest BCUT2D eigenvalue weighted by Crippen LogP contribution is -2.27. The molecule has 5 heteroatoms. The van der Waals surface area contributed by atoms with E-state index >= 15 is 0 Å². The zero-order chi connectivity index (χ0) is 13.4. The minimum absolute atomic E-state index is 0.112. The standard InChI is InChI=1S/C14H17ClN2O2/c15-6-11(18)7-16-12-3-1-2-9-8-17(10-4-5-10)14(19)13(9)12/h1-3,10-11,16,18H,4-8H2. The van der Waals surface area contributed by atoms with Gasteiger partial charge < -0.3 is 15.3 Å². The van der Waals surface area contributed by atoms with Gasteiger partial charge in [0.1, 0.15) is 0 Å². The lowest BCUT2D eigenvalue weighted by molar-refractivity contribution is 0.0767. The average Bonchev–Trinajstić information content (AvgIpc) is 3.21. The van der Waals surface area contributed by atoms with E-state index in [0.29, 0.717) is 19.1 Å². The number of benzene rings is 1. The fourth-order valence-electron chi connectivity index (χ4n) is 2.49. The Hall–Kier alpha value is -1.26. The maximum atomic E-state index is 12.4. The van der Waals surface area contributed by atoms with E-state index in [1.165, 1.54) is 0 Å². The van der Waals surface area contributed by atoms with Gasteiger partial charge in [0.25, 0.3) is 5.91 Å². The Balaban J connectivity index is 1.80. The Morgan fingerprint density at radius 2 is 2.26 bits per heavy atom. The van der Waals surface area contributed by atoms with Crippen LogP contribution < -0.4 is 5.32 Å². The van der Waals surface area contributed by atoms with Crippen molar-refractivity contribution >= 4 is 23.2 Å². The molecule has 3 rings (SSSR count). The van der Waals surface area contributed by atoms with Crippen molar-refractivity contribution in [3.63, 3.8) is 0 Å². The fourth-order valence-corrected chi connectivity index (χ4v) is 2.60. The number of aliphatic hydroxyl groups is 1. The molecule has 1 aromatic rings. The first-order valence-corrected chi connectivity index (χ1v) is 7.15. The molecule has 0 aromatic heterocycles. The van der Waals surface area contributed by atoms with Crippen LogP contribution in [0, 0.1) is 0 Å². The van der Waals surface area contributed by atoms with Crippen molar-refractivity contribution in [2.45, 2.75) is 31.5 Å². The largest absolute Gasteiger partial charge is 0.390 e. The van der Waals surface area contributed by atoms with Crippen molar-refractivity contribution < 1.29 is 9.90 Å². The normalized spacial score (nSPS) is 19.5. The van der Waals surface area contributed by atoms with Gasteiger partial charge in [0.2, 0.25) is 0 Å². The second kappa shape index (κ2) is 5.02. The monoisotopic (exact) mass is 280 g/mol. The first-order chi connectivity index (χ1) is 9.20. The Labute approximate surface area is 117 Å². The number of fused-ring (bicyclic) bond motifs is 1. The minimum Gasteiger partial charge on any atom is -0.390 e. The van der Waals surface area contributed by atoms with Gasteiger partial charge in [0.15, 0.2) is 0 Å². The highest BCUT2D eigenvalue weighted by atomic mass is 35.5. The summed E-state index contributed by atoms with van der Waals surface area (Å²) in [4.78, 5) is 14.4. The lowest BCUT2D eigenvalue weighted by atomic mass is 10.1. The number of nitrogens with one attached hydrogen (secondary N) is 1. The van der Waals surface area contributed by atoms with E-state index in [0.717, 1.165) is 29.7 Å². The van der Waals surface area contributed by atoms with E-state index in [2.05, 4.69) is 5.32 Å². The zero-order valence-electron chi connectivity index (χ0n) is 10.6. The molecule has 2 N–H and O–H groups in total. The molecule has 0 spiro atoms. The number of hydrogen-bond donors (Lipinski definition) is 2. The number of hydrogen-bond acceptors (Lipinski definition) is 3. The van der Waals surface area contributed by atoms with Crippen molar-refractivity contribution in [3.8, 4) is 0 Å². The van der Waals surface area contributed by atoms with Gasteiger partial charge in [-0.25, -0.2) is 0 Å². The van der Waals surface area contributed by atoms with Gasteiger partial charge in [-0.3, -0.25) is 4.79 Å². The summed E-state index contributed by atoms with van der Waals surface area (Å²) in [7, 11) is 0. The van der Waals surface area contributed by atoms with Gasteiger partial charge in [-0.1, -0.05) is 12.1 Å². The molecule has 102 valence electrons. The van der Waals surface area contributed by atoms with Crippen LogP contribution in [-0.4, -0.2) is 40.5 Å². The van der Waals surface area contributed by atoms with Gasteiger partial charge >= 0.3 is 0 Å². The second-order valence-corrected chi connectivity index (χ2v) is 5.50. The summed E-state index contributed by atoms with van der Waals surface area (Å²) in [6.45, 7) is 1.07. The minimum atomic E-state index is -0.603. The first-order valence-electron chi connectivity index (χ1n) is 6.61. The number of anilines is 1. The molecule has 2 aliphatic rings. The lowest BCUT2D eigenvalue weighted by Gasteiger charge is -2.15. The van der Waals surface area contributed by atoms with Crippen molar-refractivity contribution in [1.82, 2.24) is 4.90 Å². The first kappa shape index (κ1) is 12.8.